The summed E-state index contributed by atoms with van der Waals surface area (Å²) in [5, 5.41) is 0. The van der Waals surface area contributed by atoms with E-state index in [0.717, 1.165) is 18.0 Å². The van der Waals surface area contributed by atoms with Gasteiger partial charge in [-0.15, -0.1) is 0 Å². The second-order valence-electron chi connectivity index (χ2n) is 5.61. The Kier molecular flexibility index (Phi) is 5.90. The molecule has 0 aromatic rings. The molecule has 0 amide bonds. The van der Waals surface area contributed by atoms with Crippen LogP contribution < -0.4 is 5.73 Å². The predicted octanol–water partition coefficient (Wildman–Crippen LogP) is 4.09. The van der Waals surface area contributed by atoms with E-state index in [-0.39, 0.29) is 0 Å². The van der Waals surface area contributed by atoms with Gasteiger partial charge in [-0.3, -0.25) is 0 Å². The molecule has 0 atom stereocenters. The van der Waals surface area contributed by atoms with E-state index >= 15 is 0 Å². The van der Waals surface area contributed by atoms with E-state index in [2.05, 4.69) is 34.3 Å². The van der Waals surface area contributed by atoms with Crippen LogP contribution in [-0.4, -0.2) is 0 Å². The molecule has 1 nitrogen and oxygen atoms in total. The fourth-order valence-corrected chi connectivity index (χ4v) is 1.61. The summed E-state index contributed by atoms with van der Waals surface area (Å²) >= 11 is 0. The molecule has 0 saturated heterocycles. The maximum absolute atomic E-state index is 5.58. The number of nitrogens with two attached hydrogens (primary N) is 1. The quantitative estimate of drug-likeness (QED) is 0.653. The topological polar surface area (TPSA) is 26.0 Å². The molecule has 0 spiro atoms. The molecular weight excluding hydrogens is 170 g/mol. The van der Waals surface area contributed by atoms with E-state index in [0.29, 0.717) is 5.41 Å². The van der Waals surface area contributed by atoms with Gasteiger partial charge in [0, 0.05) is 5.70 Å². The molecule has 0 aliphatic rings. The van der Waals surface area contributed by atoms with Gasteiger partial charge in [0.15, 0.2) is 0 Å². The lowest BCUT2D eigenvalue weighted by Crippen LogP contribution is -2.13. The first-order chi connectivity index (χ1) is 6.33. The standard InChI is InChI=1S/C13H27N/c1-11(2)7-6-9-13(4,5)10-8-12(3)14/h11H,3,6-10,14H2,1-2,4-5H3. The van der Waals surface area contributed by atoms with Gasteiger partial charge in [0.05, 0.1) is 0 Å². The van der Waals surface area contributed by atoms with Crippen LogP contribution in [0, 0.1) is 11.3 Å². The van der Waals surface area contributed by atoms with Gasteiger partial charge in [-0.25, -0.2) is 0 Å². The van der Waals surface area contributed by atoms with Crippen molar-refractivity contribution in [3.05, 3.63) is 12.3 Å². The first kappa shape index (κ1) is 13.5. The lowest BCUT2D eigenvalue weighted by atomic mass is 9.81. The van der Waals surface area contributed by atoms with Crippen molar-refractivity contribution in [3.63, 3.8) is 0 Å². The fourth-order valence-electron chi connectivity index (χ4n) is 1.61. The van der Waals surface area contributed by atoms with Gasteiger partial charge in [-0.1, -0.05) is 47.1 Å². The van der Waals surface area contributed by atoms with Crippen LogP contribution >= 0.6 is 0 Å². The van der Waals surface area contributed by atoms with Crippen LogP contribution in [0.25, 0.3) is 0 Å². The van der Waals surface area contributed by atoms with Crippen molar-refractivity contribution in [2.24, 2.45) is 17.1 Å². The lowest BCUT2D eigenvalue weighted by molar-refractivity contribution is 0.288. The smallest absolute Gasteiger partial charge is 0.000764 e. The largest absolute Gasteiger partial charge is 0.403 e. The highest BCUT2D eigenvalue weighted by Crippen LogP contribution is 2.30. The van der Waals surface area contributed by atoms with Crippen LogP contribution in [0.2, 0.25) is 0 Å². The molecule has 0 fully saturated rings. The summed E-state index contributed by atoms with van der Waals surface area (Å²) in [5.41, 5.74) is 6.83. The molecule has 84 valence electrons. The molecule has 0 rings (SSSR count). The number of allylic oxidation sites excluding steroid dienone is 1. The second kappa shape index (κ2) is 6.10. The van der Waals surface area contributed by atoms with Gasteiger partial charge < -0.3 is 5.73 Å². The molecule has 0 bridgehead atoms. The minimum absolute atomic E-state index is 0.428. The summed E-state index contributed by atoms with van der Waals surface area (Å²) in [6, 6.07) is 0. The third-order valence-electron chi connectivity index (χ3n) is 2.76. The Morgan fingerprint density at radius 3 is 2.29 bits per heavy atom. The van der Waals surface area contributed by atoms with Crippen LogP contribution in [0.4, 0.5) is 0 Å². The fraction of sp³-hybridized carbons (Fsp3) is 0.846. The Bertz CT molecular complexity index is 168. The van der Waals surface area contributed by atoms with Crippen molar-refractivity contribution in [1.82, 2.24) is 0 Å². The molecule has 0 saturated carbocycles. The molecule has 0 heterocycles. The van der Waals surface area contributed by atoms with Crippen LogP contribution in [-0.2, 0) is 0 Å². The molecular formula is C13H27N. The van der Waals surface area contributed by atoms with Crippen molar-refractivity contribution in [1.29, 1.82) is 0 Å². The van der Waals surface area contributed by atoms with Crippen LogP contribution in [0.15, 0.2) is 12.3 Å². The van der Waals surface area contributed by atoms with Gasteiger partial charge in [-0.05, 0) is 30.6 Å². The minimum Gasteiger partial charge on any atom is -0.403 e. The zero-order valence-electron chi connectivity index (χ0n) is 10.4. The zero-order valence-corrected chi connectivity index (χ0v) is 10.4. The van der Waals surface area contributed by atoms with E-state index in [1.807, 2.05) is 0 Å². The van der Waals surface area contributed by atoms with E-state index < -0.39 is 0 Å². The summed E-state index contributed by atoms with van der Waals surface area (Å²) in [6.45, 7) is 13.0. The Morgan fingerprint density at radius 2 is 1.86 bits per heavy atom. The number of hydrogen-bond donors (Lipinski definition) is 1. The van der Waals surface area contributed by atoms with Gasteiger partial charge in [-0.2, -0.15) is 0 Å². The summed E-state index contributed by atoms with van der Waals surface area (Å²) < 4.78 is 0. The molecule has 0 unspecified atom stereocenters. The Labute approximate surface area is 89.8 Å². The highest BCUT2D eigenvalue weighted by atomic mass is 14.6. The van der Waals surface area contributed by atoms with Crippen LogP contribution in [0.3, 0.4) is 0 Å². The molecule has 0 aliphatic heterocycles. The van der Waals surface area contributed by atoms with E-state index in [1.54, 1.807) is 0 Å². The van der Waals surface area contributed by atoms with Crippen molar-refractivity contribution < 1.29 is 0 Å². The first-order valence-corrected chi connectivity index (χ1v) is 5.77. The van der Waals surface area contributed by atoms with Crippen molar-refractivity contribution >= 4 is 0 Å². The Hall–Kier alpha value is -0.460. The van der Waals surface area contributed by atoms with E-state index in [1.165, 1.54) is 25.7 Å². The molecule has 2 N–H and O–H groups in total. The average molecular weight is 197 g/mol. The molecule has 0 aliphatic carbocycles. The molecule has 1 heteroatoms. The summed E-state index contributed by atoms with van der Waals surface area (Å²) in [4.78, 5) is 0. The summed E-state index contributed by atoms with van der Waals surface area (Å²) in [7, 11) is 0. The molecule has 0 aromatic carbocycles. The van der Waals surface area contributed by atoms with Crippen molar-refractivity contribution in [3.8, 4) is 0 Å². The Morgan fingerprint density at radius 1 is 1.29 bits per heavy atom. The van der Waals surface area contributed by atoms with Gasteiger partial charge in [0.25, 0.3) is 0 Å². The predicted molar refractivity (Wildman–Crippen MR) is 65.0 cm³/mol. The van der Waals surface area contributed by atoms with Crippen molar-refractivity contribution in [2.45, 2.75) is 59.8 Å². The second-order valence-corrected chi connectivity index (χ2v) is 5.61. The number of rotatable bonds is 7. The molecule has 0 aromatic heterocycles. The summed E-state index contributed by atoms with van der Waals surface area (Å²) in [6.07, 6.45) is 6.11. The lowest BCUT2D eigenvalue weighted by Gasteiger charge is -2.24. The van der Waals surface area contributed by atoms with Crippen LogP contribution in [0.1, 0.15) is 59.8 Å². The zero-order chi connectivity index (χ0) is 11.2. The maximum Gasteiger partial charge on any atom is 0.000764 e. The monoisotopic (exact) mass is 197 g/mol. The number of hydrogen-bond acceptors (Lipinski definition) is 1. The summed E-state index contributed by atoms with van der Waals surface area (Å²) in [5.74, 6) is 0.829. The molecule has 0 radical (unpaired) electrons. The Balaban J connectivity index is 3.66. The van der Waals surface area contributed by atoms with Gasteiger partial charge in [0.1, 0.15) is 0 Å². The average Bonchev–Trinajstić information content (AvgIpc) is 2.00. The highest BCUT2D eigenvalue weighted by Gasteiger charge is 2.17. The molecule has 14 heavy (non-hydrogen) atoms. The first-order valence-electron chi connectivity index (χ1n) is 5.77. The third kappa shape index (κ3) is 8.15. The highest BCUT2D eigenvalue weighted by molar-refractivity contribution is 4.87. The third-order valence-corrected chi connectivity index (χ3v) is 2.76. The SMILES string of the molecule is C=C(N)CCC(C)(C)CCCC(C)C. The van der Waals surface area contributed by atoms with Gasteiger partial charge >= 0.3 is 0 Å². The van der Waals surface area contributed by atoms with Crippen molar-refractivity contribution in [2.75, 3.05) is 0 Å². The maximum atomic E-state index is 5.58. The van der Waals surface area contributed by atoms with Crippen LogP contribution in [0.5, 0.6) is 0 Å². The van der Waals surface area contributed by atoms with E-state index in [4.69, 9.17) is 5.73 Å². The minimum atomic E-state index is 0.428. The van der Waals surface area contributed by atoms with Gasteiger partial charge in [0.2, 0.25) is 0 Å². The normalized spacial score (nSPS) is 12.1. The van der Waals surface area contributed by atoms with E-state index in [9.17, 15) is 0 Å².